The van der Waals surface area contributed by atoms with Crippen LogP contribution in [0.3, 0.4) is 0 Å². The molecule has 0 amide bonds. The van der Waals surface area contributed by atoms with Crippen molar-refractivity contribution in [1.29, 1.82) is 0 Å². The van der Waals surface area contributed by atoms with Crippen molar-refractivity contribution < 1.29 is 0 Å². The van der Waals surface area contributed by atoms with E-state index in [0.717, 1.165) is 18.4 Å². The molecule has 0 N–H and O–H groups in total. The number of rotatable bonds is 3. The summed E-state index contributed by atoms with van der Waals surface area (Å²) < 4.78 is 0. The predicted molar refractivity (Wildman–Crippen MR) is 55.1 cm³/mol. The molecule has 0 aliphatic rings. The first-order valence-electron chi connectivity index (χ1n) is 4.37. The maximum absolute atomic E-state index is 5.32. The largest absolute Gasteiger partial charge is 0.265 e. The van der Waals surface area contributed by atoms with Crippen molar-refractivity contribution in [2.75, 3.05) is 0 Å². The lowest BCUT2D eigenvalue weighted by molar-refractivity contribution is 0.965. The highest BCUT2D eigenvalue weighted by atomic mass is 14.6. The Balaban J connectivity index is 2.49. The molecule has 0 bridgehead atoms. The molecule has 1 nitrogen and oxygen atoms in total. The van der Waals surface area contributed by atoms with Crippen LogP contribution in [0.15, 0.2) is 36.2 Å². The number of hydrogen-bond acceptors (Lipinski definition) is 1. The third-order valence-electron chi connectivity index (χ3n) is 1.97. The number of nitrogens with zero attached hydrogens (tertiary/aromatic N) is 1. The molecule has 1 heterocycles. The van der Waals surface area contributed by atoms with Gasteiger partial charge in [0, 0.05) is 12.4 Å². The van der Waals surface area contributed by atoms with Crippen molar-refractivity contribution in [3.8, 4) is 12.3 Å². The van der Waals surface area contributed by atoms with E-state index >= 15 is 0 Å². The van der Waals surface area contributed by atoms with Crippen molar-refractivity contribution in [3.63, 3.8) is 0 Å². The molecule has 1 aromatic heterocycles. The van der Waals surface area contributed by atoms with Crippen LogP contribution in [-0.2, 0) is 6.42 Å². The second-order valence-corrected chi connectivity index (χ2v) is 2.81. The van der Waals surface area contributed by atoms with Gasteiger partial charge in [-0.1, -0.05) is 12.0 Å². The van der Waals surface area contributed by atoms with Crippen molar-refractivity contribution in [1.82, 2.24) is 4.98 Å². The second-order valence-electron chi connectivity index (χ2n) is 2.81. The summed E-state index contributed by atoms with van der Waals surface area (Å²) >= 11 is 0. The van der Waals surface area contributed by atoms with Crippen molar-refractivity contribution in [2.45, 2.75) is 19.8 Å². The van der Waals surface area contributed by atoms with Crippen LogP contribution in [0.1, 0.15) is 18.9 Å². The van der Waals surface area contributed by atoms with Gasteiger partial charge in [0.25, 0.3) is 0 Å². The van der Waals surface area contributed by atoms with Crippen LogP contribution in [0.4, 0.5) is 0 Å². The zero-order valence-electron chi connectivity index (χ0n) is 7.83. The molecule has 13 heavy (non-hydrogen) atoms. The number of allylic oxidation sites excluding steroid dienone is 2. The molecule has 0 fully saturated rings. The Hall–Kier alpha value is -1.55. The Bertz CT molecular complexity index is 317. The normalized spacial score (nSPS) is 10.9. The van der Waals surface area contributed by atoms with Gasteiger partial charge in [-0.3, -0.25) is 4.98 Å². The van der Waals surface area contributed by atoms with Crippen LogP contribution in [0.25, 0.3) is 0 Å². The highest BCUT2D eigenvalue weighted by Gasteiger charge is 1.94. The second kappa shape index (κ2) is 5.16. The van der Waals surface area contributed by atoms with Gasteiger partial charge in [0.1, 0.15) is 0 Å². The fourth-order valence-corrected chi connectivity index (χ4v) is 1.13. The average molecular weight is 171 g/mol. The fraction of sp³-hybridized carbons (Fsp3) is 0.250. The summed E-state index contributed by atoms with van der Waals surface area (Å²) in [5, 5.41) is 0. The summed E-state index contributed by atoms with van der Waals surface area (Å²) in [6.45, 7) is 1.97. The lowest BCUT2D eigenvalue weighted by Crippen LogP contribution is -1.87. The van der Waals surface area contributed by atoms with E-state index in [9.17, 15) is 0 Å². The number of aromatic nitrogens is 1. The average Bonchev–Trinajstić information content (AvgIpc) is 2.21. The Morgan fingerprint density at radius 2 is 2.23 bits per heavy atom. The van der Waals surface area contributed by atoms with Gasteiger partial charge in [0.15, 0.2) is 0 Å². The Morgan fingerprint density at radius 1 is 1.54 bits per heavy atom. The molecule has 0 aliphatic carbocycles. The lowest BCUT2D eigenvalue weighted by Gasteiger charge is -1.99. The first-order valence-corrected chi connectivity index (χ1v) is 4.37. The standard InChI is InChI=1S/C12H13N/c1-3-11(4-2)5-6-12-7-9-13-10-8-12/h1,4,7-10H,5-6H2,2H3/b11-4+. The molecule has 0 radical (unpaired) electrons. The number of aryl methyl sites for hydroxylation is 1. The zero-order valence-corrected chi connectivity index (χ0v) is 7.83. The monoisotopic (exact) mass is 171 g/mol. The molecule has 1 heteroatoms. The van der Waals surface area contributed by atoms with E-state index in [1.807, 2.05) is 25.1 Å². The molecule has 66 valence electrons. The summed E-state index contributed by atoms with van der Waals surface area (Å²) in [6, 6.07) is 4.04. The summed E-state index contributed by atoms with van der Waals surface area (Å²) in [5.41, 5.74) is 2.35. The minimum absolute atomic E-state index is 0.941. The van der Waals surface area contributed by atoms with Crippen molar-refractivity contribution in [2.24, 2.45) is 0 Å². The van der Waals surface area contributed by atoms with E-state index in [1.54, 1.807) is 12.4 Å². The van der Waals surface area contributed by atoms with Crippen molar-refractivity contribution >= 4 is 0 Å². The van der Waals surface area contributed by atoms with E-state index in [1.165, 1.54) is 5.56 Å². The van der Waals surface area contributed by atoms with Gasteiger partial charge in [0.2, 0.25) is 0 Å². The SMILES string of the molecule is C#C/C(=C\C)CCc1ccncc1. The van der Waals surface area contributed by atoms with Crippen LogP contribution in [0.2, 0.25) is 0 Å². The molecule has 0 unspecified atom stereocenters. The smallest absolute Gasteiger partial charge is 0.0270 e. The fourth-order valence-electron chi connectivity index (χ4n) is 1.13. The summed E-state index contributed by atoms with van der Waals surface area (Å²) in [4.78, 5) is 3.96. The van der Waals surface area contributed by atoms with Crippen LogP contribution >= 0.6 is 0 Å². The van der Waals surface area contributed by atoms with Crippen LogP contribution < -0.4 is 0 Å². The Labute approximate surface area is 79.5 Å². The first-order chi connectivity index (χ1) is 6.36. The predicted octanol–water partition coefficient (Wildman–Crippen LogP) is 2.59. The van der Waals surface area contributed by atoms with Gasteiger partial charge in [-0.05, 0) is 43.0 Å². The molecule has 1 rings (SSSR count). The Kier molecular flexibility index (Phi) is 3.78. The van der Waals surface area contributed by atoms with Gasteiger partial charge in [-0.25, -0.2) is 0 Å². The van der Waals surface area contributed by atoms with Crippen LogP contribution in [0.5, 0.6) is 0 Å². The topological polar surface area (TPSA) is 12.9 Å². The maximum atomic E-state index is 5.32. The number of terminal acetylenes is 1. The lowest BCUT2D eigenvalue weighted by atomic mass is 10.1. The molecule has 0 saturated heterocycles. The minimum atomic E-state index is 0.941. The third-order valence-corrected chi connectivity index (χ3v) is 1.97. The van der Waals surface area contributed by atoms with Crippen molar-refractivity contribution in [3.05, 3.63) is 41.7 Å². The van der Waals surface area contributed by atoms with E-state index in [0.29, 0.717) is 0 Å². The highest BCUT2D eigenvalue weighted by Crippen LogP contribution is 2.06. The van der Waals surface area contributed by atoms with Crippen LogP contribution in [-0.4, -0.2) is 4.98 Å². The molecule has 0 aromatic carbocycles. The summed E-state index contributed by atoms with van der Waals surface area (Å²) in [7, 11) is 0. The Morgan fingerprint density at radius 3 is 2.77 bits per heavy atom. The third kappa shape index (κ3) is 3.13. The van der Waals surface area contributed by atoms with E-state index in [-0.39, 0.29) is 0 Å². The molecular formula is C12H13N. The van der Waals surface area contributed by atoms with E-state index < -0.39 is 0 Å². The first kappa shape index (κ1) is 9.54. The molecule has 0 spiro atoms. The quantitative estimate of drug-likeness (QED) is 0.637. The summed E-state index contributed by atoms with van der Waals surface area (Å²) in [5.74, 6) is 2.67. The zero-order chi connectivity index (χ0) is 9.52. The van der Waals surface area contributed by atoms with Crippen LogP contribution in [0, 0.1) is 12.3 Å². The molecule has 1 aromatic rings. The van der Waals surface area contributed by atoms with Gasteiger partial charge in [-0.15, -0.1) is 6.42 Å². The van der Waals surface area contributed by atoms with E-state index in [4.69, 9.17) is 6.42 Å². The van der Waals surface area contributed by atoms with Gasteiger partial charge < -0.3 is 0 Å². The highest BCUT2D eigenvalue weighted by molar-refractivity contribution is 5.26. The molecule has 0 saturated carbocycles. The molecular weight excluding hydrogens is 158 g/mol. The molecule has 0 atom stereocenters. The number of pyridine rings is 1. The van der Waals surface area contributed by atoms with E-state index in [2.05, 4.69) is 10.9 Å². The summed E-state index contributed by atoms with van der Waals surface area (Å²) in [6.07, 6.45) is 12.9. The molecule has 0 aliphatic heterocycles. The van der Waals surface area contributed by atoms with Gasteiger partial charge in [0.05, 0.1) is 0 Å². The van der Waals surface area contributed by atoms with Gasteiger partial charge in [-0.2, -0.15) is 0 Å². The number of hydrogen-bond donors (Lipinski definition) is 0. The maximum Gasteiger partial charge on any atom is 0.0270 e. The minimum Gasteiger partial charge on any atom is -0.265 e. The van der Waals surface area contributed by atoms with Gasteiger partial charge >= 0.3 is 0 Å².